The Morgan fingerprint density at radius 3 is 2.64 bits per heavy atom. The number of benzene rings is 1. The van der Waals surface area contributed by atoms with Gasteiger partial charge < -0.3 is 20.7 Å². The largest absolute Gasteiger partial charge is 0.494 e. The van der Waals surface area contributed by atoms with E-state index in [1.807, 2.05) is 13.0 Å². The molecule has 0 saturated carbocycles. The summed E-state index contributed by atoms with van der Waals surface area (Å²) < 4.78 is 5.61. The van der Waals surface area contributed by atoms with Crippen molar-refractivity contribution in [2.75, 3.05) is 39.8 Å². The van der Waals surface area contributed by atoms with Crippen molar-refractivity contribution in [1.82, 2.24) is 20.9 Å². The first kappa shape index (κ1) is 22.0. The summed E-state index contributed by atoms with van der Waals surface area (Å²) in [5.74, 6) is 1.86. The Bertz CT molecular complexity index is 654. The molecule has 28 heavy (non-hydrogen) atoms. The third kappa shape index (κ3) is 7.03. The average molecular weight is 390 g/mol. The standard InChI is InChI=1S/C21H35N5O2/c1-5-23-21(24-14-17-7-8-19(28-6-2)16(3)13-17)25-18-9-11-26(12-10-18)15-20(27)22-4/h7-8,13,18H,5-6,9-12,14-15H2,1-4H3,(H,22,27)(H2,23,24,25). The minimum absolute atomic E-state index is 0.0759. The van der Waals surface area contributed by atoms with E-state index in [0.29, 0.717) is 25.7 Å². The second-order valence-corrected chi connectivity index (χ2v) is 7.10. The van der Waals surface area contributed by atoms with Crippen LogP contribution in [0.5, 0.6) is 5.75 Å². The van der Waals surface area contributed by atoms with E-state index in [2.05, 4.69) is 46.8 Å². The Morgan fingerprint density at radius 2 is 2.04 bits per heavy atom. The Hall–Kier alpha value is -2.28. The number of nitrogens with zero attached hydrogens (tertiary/aromatic N) is 2. The topological polar surface area (TPSA) is 78.0 Å². The van der Waals surface area contributed by atoms with E-state index in [1.165, 1.54) is 5.56 Å². The fourth-order valence-corrected chi connectivity index (χ4v) is 3.33. The number of ether oxygens (including phenoxy) is 1. The highest BCUT2D eigenvalue weighted by atomic mass is 16.5. The molecule has 0 aliphatic carbocycles. The van der Waals surface area contributed by atoms with Crippen LogP contribution < -0.4 is 20.7 Å². The summed E-state index contributed by atoms with van der Waals surface area (Å²) in [7, 11) is 1.68. The molecule has 1 amide bonds. The van der Waals surface area contributed by atoms with Gasteiger partial charge in [-0.1, -0.05) is 12.1 Å². The van der Waals surface area contributed by atoms with Gasteiger partial charge in [-0.05, 0) is 50.8 Å². The lowest BCUT2D eigenvalue weighted by molar-refractivity contribution is -0.122. The molecule has 7 heteroatoms. The molecule has 2 rings (SSSR count). The molecule has 0 atom stereocenters. The number of carbonyl (C=O) groups excluding carboxylic acids is 1. The first-order valence-electron chi connectivity index (χ1n) is 10.3. The molecule has 1 heterocycles. The summed E-state index contributed by atoms with van der Waals surface area (Å²) >= 11 is 0. The van der Waals surface area contributed by atoms with Crippen molar-refractivity contribution in [1.29, 1.82) is 0 Å². The summed E-state index contributed by atoms with van der Waals surface area (Å²) in [4.78, 5) is 18.5. The van der Waals surface area contributed by atoms with Gasteiger partial charge in [-0.2, -0.15) is 0 Å². The molecule has 0 radical (unpaired) electrons. The zero-order chi connectivity index (χ0) is 20.4. The fraction of sp³-hybridized carbons (Fsp3) is 0.619. The van der Waals surface area contributed by atoms with Crippen molar-refractivity contribution in [3.05, 3.63) is 29.3 Å². The number of likely N-dealkylation sites (tertiary alicyclic amines) is 1. The zero-order valence-corrected chi connectivity index (χ0v) is 17.7. The smallest absolute Gasteiger partial charge is 0.233 e. The second-order valence-electron chi connectivity index (χ2n) is 7.10. The van der Waals surface area contributed by atoms with Crippen LogP contribution in [-0.2, 0) is 11.3 Å². The van der Waals surface area contributed by atoms with E-state index in [-0.39, 0.29) is 5.91 Å². The molecular formula is C21H35N5O2. The minimum Gasteiger partial charge on any atom is -0.494 e. The van der Waals surface area contributed by atoms with E-state index < -0.39 is 0 Å². The summed E-state index contributed by atoms with van der Waals surface area (Å²) in [6, 6.07) is 6.60. The van der Waals surface area contributed by atoms with Crippen LogP contribution in [0.3, 0.4) is 0 Å². The highest BCUT2D eigenvalue weighted by Gasteiger charge is 2.21. The van der Waals surface area contributed by atoms with Crippen molar-refractivity contribution in [3.8, 4) is 5.75 Å². The van der Waals surface area contributed by atoms with Gasteiger partial charge in [0.15, 0.2) is 5.96 Å². The highest BCUT2D eigenvalue weighted by Crippen LogP contribution is 2.19. The van der Waals surface area contributed by atoms with Crippen molar-refractivity contribution < 1.29 is 9.53 Å². The van der Waals surface area contributed by atoms with Crippen molar-refractivity contribution in [3.63, 3.8) is 0 Å². The normalized spacial score (nSPS) is 15.9. The van der Waals surface area contributed by atoms with Crippen LogP contribution in [0.1, 0.15) is 37.8 Å². The maximum atomic E-state index is 11.5. The third-order valence-electron chi connectivity index (χ3n) is 4.88. The average Bonchev–Trinajstić information content (AvgIpc) is 2.69. The van der Waals surface area contributed by atoms with Crippen molar-refractivity contribution in [2.24, 2.45) is 4.99 Å². The third-order valence-corrected chi connectivity index (χ3v) is 4.88. The summed E-state index contributed by atoms with van der Waals surface area (Å²) in [6.45, 7) is 10.6. The first-order valence-corrected chi connectivity index (χ1v) is 10.3. The lowest BCUT2D eigenvalue weighted by Gasteiger charge is -2.32. The molecule has 1 aliphatic heterocycles. The molecular weight excluding hydrogens is 354 g/mol. The Balaban J connectivity index is 1.89. The summed E-state index contributed by atoms with van der Waals surface area (Å²) in [6.07, 6.45) is 2.01. The van der Waals surface area contributed by atoms with E-state index in [9.17, 15) is 4.79 Å². The quantitative estimate of drug-likeness (QED) is 0.466. The number of amides is 1. The molecule has 0 bridgehead atoms. The Morgan fingerprint density at radius 1 is 1.29 bits per heavy atom. The van der Waals surface area contributed by atoms with Gasteiger partial charge in [0.2, 0.25) is 5.91 Å². The summed E-state index contributed by atoms with van der Waals surface area (Å²) in [5, 5.41) is 9.57. The number of carbonyl (C=O) groups is 1. The van der Waals surface area contributed by atoms with Crippen LogP contribution in [0.25, 0.3) is 0 Å². The number of likely N-dealkylation sites (N-methyl/N-ethyl adjacent to an activating group) is 1. The maximum Gasteiger partial charge on any atom is 0.233 e. The number of rotatable bonds is 8. The monoisotopic (exact) mass is 389 g/mol. The van der Waals surface area contributed by atoms with Gasteiger partial charge in [0.05, 0.1) is 19.7 Å². The van der Waals surface area contributed by atoms with Crippen molar-refractivity contribution in [2.45, 2.75) is 46.2 Å². The molecule has 1 saturated heterocycles. The van der Waals surface area contributed by atoms with Gasteiger partial charge in [0.1, 0.15) is 5.75 Å². The second kappa shape index (κ2) is 11.5. The van der Waals surface area contributed by atoms with Gasteiger partial charge in [0.25, 0.3) is 0 Å². The van der Waals surface area contributed by atoms with Gasteiger partial charge >= 0.3 is 0 Å². The summed E-state index contributed by atoms with van der Waals surface area (Å²) in [5.41, 5.74) is 2.30. The van der Waals surface area contributed by atoms with Gasteiger partial charge in [0, 0.05) is 32.7 Å². The van der Waals surface area contributed by atoms with Crippen LogP contribution >= 0.6 is 0 Å². The highest BCUT2D eigenvalue weighted by molar-refractivity contribution is 5.80. The molecule has 0 aromatic heterocycles. The van der Waals surface area contributed by atoms with Gasteiger partial charge in [-0.25, -0.2) is 4.99 Å². The predicted molar refractivity (Wildman–Crippen MR) is 114 cm³/mol. The number of guanidine groups is 1. The van der Waals surface area contributed by atoms with E-state index in [4.69, 9.17) is 9.73 Å². The molecule has 3 N–H and O–H groups in total. The molecule has 0 unspecified atom stereocenters. The zero-order valence-electron chi connectivity index (χ0n) is 17.7. The minimum atomic E-state index is 0.0759. The molecule has 7 nitrogen and oxygen atoms in total. The molecule has 1 aromatic rings. The molecule has 1 aromatic carbocycles. The van der Waals surface area contributed by atoms with E-state index in [0.717, 1.165) is 49.7 Å². The number of piperidine rings is 1. The van der Waals surface area contributed by atoms with Crippen LogP contribution in [0.15, 0.2) is 23.2 Å². The Labute approximate surface area is 168 Å². The number of hydrogen-bond donors (Lipinski definition) is 3. The van der Waals surface area contributed by atoms with Crippen LogP contribution in [0, 0.1) is 6.92 Å². The van der Waals surface area contributed by atoms with Gasteiger partial charge in [-0.3, -0.25) is 9.69 Å². The number of nitrogens with one attached hydrogen (secondary N) is 3. The van der Waals surface area contributed by atoms with Crippen molar-refractivity contribution >= 4 is 11.9 Å². The van der Waals surface area contributed by atoms with E-state index >= 15 is 0 Å². The SMILES string of the molecule is CCNC(=NCc1ccc(OCC)c(C)c1)NC1CCN(CC(=O)NC)CC1. The maximum absolute atomic E-state index is 11.5. The van der Waals surface area contributed by atoms with Crippen LogP contribution in [0.4, 0.5) is 0 Å². The lowest BCUT2D eigenvalue weighted by atomic mass is 10.1. The van der Waals surface area contributed by atoms with Gasteiger partial charge in [-0.15, -0.1) is 0 Å². The Kier molecular flexibility index (Phi) is 9.07. The fourth-order valence-electron chi connectivity index (χ4n) is 3.33. The molecule has 156 valence electrons. The molecule has 1 fully saturated rings. The molecule has 1 aliphatic rings. The number of hydrogen-bond acceptors (Lipinski definition) is 4. The number of aliphatic imine (C=N–C) groups is 1. The van der Waals surface area contributed by atoms with Crippen LogP contribution in [-0.4, -0.2) is 62.6 Å². The number of aryl methyl sites for hydroxylation is 1. The lowest BCUT2D eigenvalue weighted by Crippen LogP contribution is -2.50. The first-order chi connectivity index (χ1) is 13.5. The van der Waals surface area contributed by atoms with Crippen LogP contribution in [0.2, 0.25) is 0 Å². The van der Waals surface area contributed by atoms with E-state index in [1.54, 1.807) is 7.05 Å². The molecule has 0 spiro atoms. The predicted octanol–water partition coefficient (Wildman–Crippen LogP) is 1.66.